The highest BCUT2D eigenvalue weighted by molar-refractivity contribution is 5.90. The van der Waals surface area contributed by atoms with Crippen LogP contribution in [-0.4, -0.2) is 30.8 Å². The number of ether oxygens (including phenoxy) is 3. The van der Waals surface area contributed by atoms with Gasteiger partial charge in [-0.2, -0.15) is 4.39 Å². The van der Waals surface area contributed by atoms with Crippen molar-refractivity contribution in [3.8, 4) is 5.75 Å². The Hall–Kier alpha value is -2.18. The van der Waals surface area contributed by atoms with Gasteiger partial charge in [-0.25, -0.2) is 9.18 Å². The third kappa shape index (κ3) is 5.10. The molecule has 5 nitrogen and oxygen atoms in total. The molecular weight excluding hydrogens is 394 g/mol. The lowest BCUT2D eigenvalue weighted by Gasteiger charge is -2.36. The van der Waals surface area contributed by atoms with Crippen LogP contribution in [0.2, 0.25) is 0 Å². The van der Waals surface area contributed by atoms with Gasteiger partial charge in [-0.15, -0.1) is 0 Å². The third-order valence-electron chi connectivity index (χ3n) is 6.12. The third-order valence-corrected chi connectivity index (χ3v) is 6.12. The molecule has 1 aromatic rings. The molecule has 7 heteroatoms. The molecule has 30 heavy (non-hydrogen) atoms. The predicted octanol–water partition coefficient (Wildman–Crippen LogP) is 5.20. The van der Waals surface area contributed by atoms with Crippen LogP contribution in [0.3, 0.4) is 0 Å². The number of carbonyl (C=O) groups is 2. The smallest absolute Gasteiger partial charge is 0.341 e. The van der Waals surface area contributed by atoms with Crippen LogP contribution in [0.25, 0.3) is 0 Å². The fourth-order valence-corrected chi connectivity index (χ4v) is 4.48. The molecule has 1 saturated carbocycles. The lowest BCUT2D eigenvalue weighted by Crippen LogP contribution is -2.38. The lowest BCUT2D eigenvalue weighted by atomic mass is 9.80. The average Bonchev–Trinajstić information content (AvgIpc) is 2.74. The van der Waals surface area contributed by atoms with Crippen molar-refractivity contribution in [2.24, 2.45) is 11.8 Å². The van der Waals surface area contributed by atoms with Gasteiger partial charge in [0.25, 0.3) is 0 Å². The second-order valence-electron chi connectivity index (χ2n) is 8.15. The van der Waals surface area contributed by atoms with Crippen LogP contribution in [0.15, 0.2) is 12.1 Å². The summed E-state index contributed by atoms with van der Waals surface area (Å²) in [5.41, 5.74) is -0.429. The number of hydrogen-bond donors (Lipinski definition) is 0. The van der Waals surface area contributed by atoms with Crippen LogP contribution < -0.4 is 4.74 Å². The Morgan fingerprint density at radius 1 is 1.07 bits per heavy atom. The molecule has 2 unspecified atom stereocenters. The van der Waals surface area contributed by atoms with Gasteiger partial charge in [0.2, 0.25) is 5.82 Å². The van der Waals surface area contributed by atoms with Crippen LogP contribution in [-0.2, 0) is 14.3 Å². The Morgan fingerprint density at radius 2 is 1.80 bits per heavy atom. The van der Waals surface area contributed by atoms with Crippen molar-refractivity contribution in [1.82, 2.24) is 0 Å². The molecule has 1 saturated heterocycles. The topological polar surface area (TPSA) is 61.8 Å². The van der Waals surface area contributed by atoms with Crippen molar-refractivity contribution in [2.45, 2.75) is 77.4 Å². The Bertz CT molecular complexity index is 758. The standard InChI is InChI=1S/C23H30F2O5/c1-3-5-15-8-12-18(30-22(15)26)14-6-9-16(10-7-14)29-23(27)17-11-13-19(28-4-2)21(25)20(17)24/h11,13-16,18H,3-10,12H2,1-2H3. The van der Waals surface area contributed by atoms with Gasteiger partial charge in [0.05, 0.1) is 18.1 Å². The molecule has 0 bridgehead atoms. The van der Waals surface area contributed by atoms with Gasteiger partial charge in [0, 0.05) is 0 Å². The SMILES string of the molecule is CCCC1CCC(C2CCC(OC(=O)c3ccc(OCC)c(F)c3F)CC2)OC1=O. The summed E-state index contributed by atoms with van der Waals surface area (Å²) in [5.74, 6) is -3.35. The Kier molecular flexibility index (Phi) is 7.67. The Morgan fingerprint density at radius 3 is 2.43 bits per heavy atom. The van der Waals surface area contributed by atoms with Gasteiger partial charge in [-0.1, -0.05) is 13.3 Å². The monoisotopic (exact) mass is 424 g/mol. The number of hydrogen-bond acceptors (Lipinski definition) is 5. The molecule has 3 rings (SSSR count). The zero-order valence-electron chi connectivity index (χ0n) is 17.6. The lowest BCUT2D eigenvalue weighted by molar-refractivity contribution is -0.165. The number of benzene rings is 1. The van der Waals surface area contributed by atoms with Crippen molar-refractivity contribution in [3.05, 3.63) is 29.3 Å². The molecule has 1 aliphatic carbocycles. The van der Waals surface area contributed by atoms with E-state index in [1.165, 1.54) is 12.1 Å². The van der Waals surface area contributed by atoms with E-state index < -0.39 is 23.2 Å². The molecule has 166 valence electrons. The van der Waals surface area contributed by atoms with Gasteiger partial charge >= 0.3 is 11.9 Å². The summed E-state index contributed by atoms with van der Waals surface area (Å²) in [6.07, 6.45) is 5.94. The van der Waals surface area contributed by atoms with E-state index in [0.29, 0.717) is 12.8 Å². The molecule has 2 fully saturated rings. The molecule has 1 aromatic carbocycles. The first-order chi connectivity index (χ1) is 14.4. The van der Waals surface area contributed by atoms with E-state index in [-0.39, 0.29) is 42.4 Å². The summed E-state index contributed by atoms with van der Waals surface area (Å²) in [5, 5.41) is 0. The number of esters is 2. The fraction of sp³-hybridized carbons (Fsp3) is 0.652. The zero-order valence-corrected chi connectivity index (χ0v) is 17.6. The minimum atomic E-state index is -1.25. The van der Waals surface area contributed by atoms with E-state index in [0.717, 1.165) is 38.5 Å². The first-order valence-electron chi connectivity index (χ1n) is 11.0. The van der Waals surface area contributed by atoms with Crippen molar-refractivity contribution in [3.63, 3.8) is 0 Å². The maximum atomic E-state index is 14.2. The molecule has 2 aliphatic rings. The number of cyclic esters (lactones) is 1. The van der Waals surface area contributed by atoms with Crippen LogP contribution >= 0.6 is 0 Å². The van der Waals surface area contributed by atoms with E-state index in [4.69, 9.17) is 14.2 Å². The summed E-state index contributed by atoms with van der Waals surface area (Å²) in [6.45, 7) is 3.92. The largest absolute Gasteiger partial charge is 0.491 e. The van der Waals surface area contributed by atoms with E-state index in [1.54, 1.807) is 6.92 Å². The van der Waals surface area contributed by atoms with Crippen LogP contribution in [0.5, 0.6) is 5.75 Å². The highest BCUT2D eigenvalue weighted by Gasteiger charge is 2.36. The highest BCUT2D eigenvalue weighted by atomic mass is 19.2. The van der Waals surface area contributed by atoms with E-state index in [9.17, 15) is 18.4 Å². The second-order valence-corrected chi connectivity index (χ2v) is 8.15. The van der Waals surface area contributed by atoms with E-state index in [1.807, 2.05) is 0 Å². The van der Waals surface area contributed by atoms with Crippen molar-refractivity contribution in [1.29, 1.82) is 0 Å². The molecule has 1 heterocycles. The minimum absolute atomic E-state index is 0.0213. The predicted molar refractivity (Wildman–Crippen MR) is 106 cm³/mol. The first-order valence-corrected chi connectivity index (χ1v) is 11.0. The maximum absolute atomic E-state index is 14.2. The normalized spacial score (nSPS) is 26.7. The first kappa shape index (κ1) is 22.5. The summed E-state index contributed by atoms with van der Waals surface area (Å²) in [4.78, 5) is 24.5. The van der Waals surface area contributed by atoms with Gasteiger partial charge in [0.1, 0.15) is 12.2 Å². The van der Waals surface area contributed by atoms with Crippen molar-refractivity contribution < 1.29 is 32.6 Å². The summed E-state index contributed by atoms with van der Waals surface area (Å²) in [6, 6.07) is 2.42. The van der Waals surface area contributed by atoms with E-state index >= 15 is 0 Å². The van der Waals surface area contributed by atoms with Crippen LogP contribution in [0.4, 0.5) is 8.78 Å². The van der Waals surface area contributed by atoms with Gasteiger partial charge < -0.3 is 14.2 Å². The Labute approximate surface area is 176 Å². The Balaban J connectivity index is 1.51. The van der Waals surface area contributed by atoms with E-state index in [2.05, 4.69) is 6.92 Å². The van der Waals surface area contributed by atoms with Crippen molar-refractivity contribution >= 4 is 11.9 Å². The maximum Gasteiger partial charge on any atom is 0.341 e. The van der Waals surface area contributed by atoms with Gasteiger partial charge in [-0.05, 0) is 69.9 Å². The van der Waals surface area contributed by atoms with Crippen LogP contribution in [0.1, 0.15) is 75.6 Å². The molecule has 1 aliphatic heterocycles. The summed E-state index contributed by atoms with van der Waals surface area (Å²) >= 11 is 0. The molecule has 0 aromatic heterocycles. The molecule has 0 N–H and O–H groups in total. The number of carbonyl (C=O) groups excluding carboxylic acids is 2. The average molecular weight is 424 g/mol. The summed E-state index contributed by atoms with van der Waals surface area (Å²) in [7, 11) is 0. The molecule has 2 atom stereocenters. The summed E-state index contributed by atoms with van der Waals surface area (Å²) < 4.78 is 44.3. The molecule has 0 spiro atoms. The van der Waals surface area contributed by atoms with Crippen LogP contribution in [0, 0.1) is 23.5 Å². The highest BCUT2D eigenvalue weighted by Crippen LogP contribution is 2.36. The molecular formula is C23H30F2O5. The molecule has 0 amide bonds. The molecule has 0 radical (unpaired) electrons. The number of halogens is 2. The number of rotatable bonds is 7. The zero-order chi connectivity index (χ0) is 21.7. The minimum Gasteiger partial charge on any atom is -0.491 e. The van der Waals surface area contributed by atoms with Gasteiger partial charge in [-0.3, -0.25) is 4.79 Å². The quantitative estimate of drug-likeness (QED) is 0.563. The van der Waals surface area contributed by atoms with Gasteiger partial charge in [0.15, 0.2) is 11.6 Å². The fourth-order valence-electron chi connectivity index (χ4n) is 4.48. The van der Waals surface area contributed by atoms with Crippen molar-refractivity contribution in [2.75, 3.05) is 6.61 Å². The second kappa shape index (κ2) is 10.2.